The van der Waals surface area contributed by atoms with Gasteiger partial charge in [-0.15, -0.1) is 0 Å². The molecule has 1 aromatic rings. The summed E-state index contributed by atoms with van der Waals surface area (Å²) in [7, 11) is 0. The SMILES string of the molecule is Cc1nc(C)n(C(C)(C)C)c1N. The van der Waals surface area contributed by atoms with Gasteiger partial charge >= 0.3 is 0 Å². The standard InChI is InChI=1S/C9H17N3/c1-6-8(10)12(7(2)11-6)9(3,4)5/h10H2,1-5H3. The first-order valence-corrected chi connectivity index (χ1v) is 4.16. The van der Waals surface area contributed by atoms with E-state index in [1.54, 1.807) is 0 Å². The molecule has 0 spiro atoms. The van der Waals surface area contributed by atoms with E-state index in [9.17, 15) is 0 Å². The molecule has 0 saturated carbocycles. The van der Waals surface area contributed by atoms with Crippen LogP contribution in [0.2, 0.25) is 0 Å². The van der Waals surface area contributed by atoms with E-state index >= 15 is 0 Å². The number of imidazole rings is 1. The lowest BCUT2D eigenvalue weighted by Gasteiger charge is -2.23. The van der Waals surface area contributed by atoms with Crippen LogP contribution in [0.4, 0.5) is 5.82 Å². The van der Waals surface area contributed by atoms with Crippen molar-refractivity contribution in [2.75, 3.05) is 5.73 Å². The summed E-state index contributed by atoms with van der Waals surface area (Å²) in [6, 6.07) is 0. The molecule has 3 nitrogen and oxygen atoms in total. The summed E-state index contributed by atoms with van der Waals surface area (Å²) in [6.07, 6.45) is 0. The Bertz CT molecular complexity index is 291. The zero-order valence-corrected chi connectivity index (χ0v) is 8.47. The van der Waals surface area contributed by atoms with Crippen molar-refractivity contribution in [3.63, 3.8) is 0 Å². The molecule has 0 unspecified atom stereocenters. The van der Waals surface area contributed by atoms with E-state index in [1.807, 2.05) is 13.8 Å². The van der Waals surface area contributed by atoms with Crippen LogP contribution in [0.1, 0.15) is 32.3 Å². The molecule has 0 atom stereocenters. The second-order valence-corrected chi connectivity index (χ2v) is 4.14. The van der Waals surface area contributed by atoms with E-state index in [2.05, 4.69) is 30.3 Å². The normalized spacial score (nSPS) is 12.1. The second kappa shape index (κ2) is 2.51. The Balaban J connectivity index is 3.32. The zero-order chi connectivity index (χ0) is 9.52. The summed E-state index contributed by atoms with van der Waals surface area (Å²) in [6.45, 7) is 10.3. The number of aryl methyl sites for hydroxylation is 2. The Kier molecular flexibility index (Phi) is 1.90. The molecule has 3 heteroatoms. The average Bonchev–Trinajstić information content (AvgIpc) is 2.05. The highest BCUT2D eigenvalue weighted by Gasteiger charge is 2.19. The number of aromatic nitrogens is 2. The van der Waals surface area contributed by atoms with Crippen LogP contribution in [0, 0.1) is 13.8 Å². The van der Waals surface area contributed by atoms with Crippen LogP contribution in [-0.4, -0.2) is 9.55 Å². The molecule has 0 aliphatic carbocycles. The number of hydrogen-bond donors (Lipinski definition) is 1. The number of anilines is 1. The molecule has 2 N–H and O–H groups in total. The predicted octanol–water partition coefficient (Wildman–Crippen LogP) is 1.84. The Morgan fingerprint density at radius 3 is 1.92 bits per heavy atom. The molecule has 0 aliphatic heterocycles. The summed E-state index contributed by atoms with van der Waals surface area (Å²) < 4.78 is 2.06. The van der Waals surface area contributed by atoms with Gasteiger partial charge in [0.05, 0.1) is 5.69 Å². The minimum Gasteiger partial charge on any atom is -0.384 e. The Labute approximate surface area is 73.6 Å². The third-order valence-corrected chi connectivity index (χ3v) is 1.94. The van der Waals surface area contributed by atoms with Gasteiger partial charge in [0, 0.05) is 5.54 Å². The van der Waals surface area contributed by atoms with Gasteiger partial charge in [0.15, 0.2) is 0 Å². The number of hydrogen-bond acceptors (Lipinski definition) is 2. The summed E-state index contributed by atoms with van der Waals surface area (Å²) in [5.74, 6) is 1.76. The Morgan fingerprint density at radius 1 is 1.25 bits per heavy atom. The van der Waals surface area contributed by atoms with Crippen LogP contribution >= 0.6 is 0 Å². The minimum absolute atomic E-state index is 0.0232. The molecular weight excluding hydrogens is 150 g/mol. The molecule has 1 heterocycles. The summed E-state index contributed by atoms with van der Waals surface area (Å²) in [4.78, 5) is 4.32. The highest BCUT2D eigenvalue weighted by molar-refractivity contribution is 5.38. The molecule has 0 bridgehead atoms. The van der Waals surface area contributed by atoms with E-state index in [-0.39, 0.29) is 5.54 Å². The molecule has 0 aliphatic rings. The highest BCUT2D eigenvalue weighted by atomic mass is 15.2. The van der Waals surface area contributed by atoms with Gasteiger partial charge < -0.3 is 10.3 Å². The summed E-state index contributed by atoms with van der Waals surface area (Å²) in [5.41, 5.74) is 6.83. The van der Waals surface area contributed by atoms with Gasteiger partial charge in [-0.25, -0.2) is 4.98 Å². The predicted molar refractivity (Wildman–Crippen MR) is 51.1 cm³/mol. The first-order valence-electron chi connectivity index (χ1n) is 4.16. The molecule has 0 aromatic carbocycles. The lowest BCUT2D eigenvalue weighted by molar-refractivity contribution is 0.393. The molecular formula is C9H17N3. The van der Waals surface area contributed by atoms with Crippen molar-refractivity contribution in [1.82, 2.24) is 9.55 Å². The first-order chi connectivity index (χ1) is 5.34. The molecule has 12 heavy (non-hydrogen) atoms. The van der Waals surface area contributed by atoms with Crippen LogP contribution in [0.5, 0.6) is 0 Å². The maximum absolute atomic E-state index is 5.89. The number of nitrogen functional groups attached to an aromatic ring is 1. The number of nitrogens with two attached hydrogens (primary N) is 1. The molecule has 68 valence electrons. The van der Waals surface area contributed by atoms with Crippen LogP contribution in [0.15, 0.2) is 0 Å². The molecule has 1 aromatic heterocycles. The minimum atomic E-state index is 0.0232. The van der Waals surface area contributed by atoms with Crippen molar-refractivity contribution in [3.8, 4) is 0 Å². The molecule has 0 amide bonds. The number of nitrogens with zero attached hydrogens (tertiary/aromatic N) is 2. The van der Waals surface area contributed by atoms with Crippen molar-refractivity contribution in [2.24, 2.45) is 0 Å². The van der Waals surface area contributed by atoms with Gasteiger partial charge in [-0.1, -0.05) is 0 Å². The van der Waals surface area contributed by atoms with Gasteiger partial charge in [-0.2, -0.15) is 0 Å². The summed E-state index contributed by atoms with van der Waals surface area (Å²) in [5, 5.41) is 0. The maximum Gasteiger partial charge on any atom is 0.126 e. The molecule has 0 saturated heterocycles. The highest BCUT2D eigenvalue weighted by Crippen LogP contribution is 2.23. The topological polar surface area (TPSA) is 43.8 Å². The zero-order valence-electron chi connectivity index (χ0n) is 8.47. The van der Waals surface area contributed by atoms with E-state index in [4.69, 9.17) is 5.73 Å². The maximum atomic E-state index is 5.89. The van der Waals surface area contributed by atoms with Crippen molar-refractivity contribution in [1.29, 1.82) is 0 Å². The van der Waals surface area contributed by atoms with Crippen molar-refractivity contribution < 1.29 is 0 Å². The van der Waals surface area contributed by atoms with Gasteiger partial charge in [0.25, 0.3) is 0 Å². The third-order valence-electron chi connectivity index (χ3n) is 1.94. The van der Waals surface area contributed by atoms with Crippen molar-refractivity contribution in [3.05, 3.63) is 11.5 Å². The molecule has 1 rings (SSSR count). The monoisotopic (exact) mass is 167 g/mol. The fraction of sp³-hybridized carbons (Fsp3) is 0.667. The quantitative estimate of drug-likeness (QED) is 0.640. The number of rotatable bonds is 0. The Hall–Kier alpha value is -0.990. The lowest BCUT2D eigenvalue weighted by atomic mass is 10.1. The van der Waals surface area contributed by atoms with E-state index in [0.717, 1.165) is 17.3 Å². The fourth-order valence-corrected chi connectivity index (χ4v) is 1.53. The van der Waals surface area contributed by atoms with Crippen LogP contribution in [-0.2, 0) is 5.54 Å². The van der Waals surface area contributed by atoms with Gasteiger partial charge in [0.1, 0.15) is 11.6 Å². The Morgan fingerprint density at radius 2 is 1.75 bits per heavy atom. The molecule has 0 fully saturated rings. The lowest BCUT2D eigenvalue weighted by Crippen LogP contribution is -2.24. The largest absolute Gasteiger partial charge is 0.384 e. The first kappa shape index (κ1) is 9.10. The van der Waals surface area contributed by atoms with Gasteiger partial charge in [-0.3, -0.25) is 0 Å². The van der Waals surface area contributed by atoms with Crippen LogP contribution in [0.25, 0.3) is 0 Å². The van der Waals surface area contributed by atoms with Gasteiger partial charge in [-0.05, 0) is 34.6 Å². The van der Waals surface area contributed by atoms with E-state index < -0.39 is 0 Å². The van der Waals surface area contributed by atoms with Gasteiger partial charge in [0.2, 0.25) is 0 Å². The van der Waals surface area contributed by atoms with E-state index in [0.29, 0.717) is 0 Å². The smallest absolute Gasteiger partial charge is 0.126 e. The second-order valence-electron chi connectivity index (χ2n) is 4.14. The third kappa shape index (κ3) is 1.31. The van der Waals surface area contributed by atoms with E-state index in [1.165, 1.54) is 0 Å². The van der Waals surface area contributed by atoms with Crippen molar-refractivity contribution >= 4 is 5.82 Å². The van der Waals surface area contributed by atoms with Crippen LogP contribution in [0.3, 0.4) is 0 Å². The van der Waals surface area contributed by atoms with Crippen LogP contribution < -0.4 is 5.73 Å². The summed E-state index contributed by atoms with van der Waals surface area (Å²) >= 11 is 0. The molecule has 0 radical (unpaired) electrons. The fourth-order valence-electron chi connectivity index (χ4n) is 1.53. The van der Waals surface area contributed by atoms with Crippen molar-refractivity contribution in [2.45, 2.75) is 40.2 Å². The average molecular weight is 167 g/mol.